The molecule has 4 aliphatic rings. The highest BCUT2D eigenvalue weighted by molar-refractivity contribution is 6.06. The number of ketones is 4. The fraction of sp³-hybridized carbons (Fsp3) is 0.478. The summed E-state index contributed by atoms with van der Waals surface area (Å²) in [7, 11) is 0. The third-order valence-electron chi connectivity index (χ3n) is 11.0. The Morgan fingerprint density at radius 1 is 0.370 bits per heavy atom. The summed E-state index contributed by atoms with van der Waals surface area (Å²) in [6.07, 6.45) is 2.76. The molecule has 0 amide bonds. The van der Waals surface area contributed by atoms with Gasteiger partial charge in [-0.15, -0.1) is 0 Å². The summed E-state index contributed by atoms with van der Waals surface area (Å²) in [6, 6.07) is 18.4. The van der Waals surface area contributed by atoms with E-state index >= 15 is 0 Å². The molecule has 8 heteroatoms. The molecule has 0 saturated carbocycles. The topological polar surface area (TPSA) is 149 Å². The summed E-state index contributed by atoms with van der Waals surface area (Å²) in [5, 5.41) is 43.0. The Balaban J connectivity index is 0.000000208. The zero-order chi connectivity index (χ0) is 40.0. The fourth-order valence-electron chi connectivity index (χ4n) is 8.76. The second-order valence-corrected chi connectivity index (χ2v) is 18.9. The van der Waals surface area contributed by atoms with Crippen LogP contribution in [0.4, 0.5) is 0 Å². The normalized spacial score (nSPS) is 22.6. The minimum Gasteiger partial charge on any atom is -0.512 e. The lowest BCUT2D eigenvalue weighted by atomic mass is 9.67. The van der Waals surface area contributed by atoms with E-state index in [0.717, 1.165) is 11.1 Å². The van der Waals surface area contributed by atoms with Gasteiger partial charge in [0.1, 0.15) is 23.0 Å². The Morgan fingerprint density at radius 2 is 0.574 bits per heavy atom. The predicted octanol–water partition coefficient (Wildman–Crippen LogP) is 10.3. The van der Waals surface area contributed by atoms with Gasteiger partial charge in [0.2, 0.25) is 0 Å². The maximum absolute atomic E-state index is 13.0. The Bertz CT molecular complexity index is 1720. The van der Waals surface area contributed by atoms with Crippen LogP contribution >= 0.6 is 0 Å². The molecule has 2 aromatic carbocycles. The van der Waals surface area contributed by atoms with E-state index in [1.807, 2.05) is 116 Å². The van der Waals surface area contributed by atoms with E-state index in [-0.39, 0.29) is 90.1 Å². The minimum atomic E-state index is -0.724. The molecule has 288 valence electrons. The molecule has 4 N–H and O–H groups in total. The Labute approximate surface area is 319 Å². The smallest absolute Gasteiger partial charge is 0.163 e. The molecule has 0 spiro atoms. The average molecular weight is 737 g/mol. The Morgan fingerprint density at radius 3 is 0.759 bits per heavy atom. The highest BCUT2D eigenvalue weighted by atomic mass is 16.3. The first-order valence-corrected chi connectivity index (χ1v) is 18.9. The van der Waals surface area contributed by atoms with Gasteiger partial charge in [0.15, 0.2) is 23.1 Å². The van der Waals surface area contributed by atoms with E-state index in [1.165, 1.54) is 0 Å². The lowest BCUT2D eigenvalue weighted by Crippen LogP contribution is -2.33. The molecule has 8 nitrogen and oxygen atoms in total. The summed E-state index contributed by atoms with van der Waals surface area (Å²) >= 11 is 0. The number of benzene rings is 2. The quantitative estimate of drug-likeness (QED) is 0.229. The monoisotopic (exact) mass is 736 g/mol. The zero-order valence-corrected chi connectivity index (χ0v) is 33.0. The molecular formula is C46H56O8. The van der Waals surface area contributed by atoms with Crippen LogP contribution in [0.1, 0.15) is 130 Å². The van der Waals surface area contributed by atoms with Crippen molar-refractivity contribution in [2.24, 2.45) is 21.7 Å². The molecule has 6 rings (SSSR count). The van der Waals surface area contributed by atoms with Gasteiger partial charge in [0, 0.05) is 85.5 Å². The minimum absolute atomic E-state index is 0.0306. The molecule has 0 radical (unpaired) electrons. The van der Waals surface area contributed by atoms with Crippen molar-refractivity contribution in [1.29, 1.82) is 0 Å². The third kappa shape index (κ3) is 8.80. The maximum Gasteiger partial charge on any atom is 0.163 e. The van der Waals surface area contributed by atoms with Crippen LogP contribution in [-0.4, -0.2) is 43.6 Å². The fourth-order valence-corrected chi connectivity index (χ4v) is 8.76. The number of Topliss-reactive ketones (excluding diaryl/α,β-unsaturated/α-hetero) is 4. The van der Waals surface area contributed by atoms with Crippen LogP contribution in [0, 0.1) is 21.7 Å². The number of aliphatic hydroxyl groups excluding tert-OH is 4. The summed E-state index contributed by atoms with van der Waals surface area (Å²) < 4.78 is 0. The van der Waals surface area contributed by atoms with Gasteiger partial charge in [-0.2, -0.15) is 0 Å². The van der Waals surface area contributed by atoms with Crippen molar-refractivity contribution < 1.29 is 39.6 Å². The number of hydrogen-bond donors (Lipinski definition) is 4. The summed E-state index contributed by atoms with van der Waals surface area (Å²) in [5.41, 5.74) is 1.24. The molecule has 0 aromatic heterocycles. The SMILES string of the molecule is CC1(C)CC(=O)C(C(C2=C(O)CC(C)(C)CC2=O)c2ccccc2)=C(O)C1.CC1(C)CC(=O)C(C(C2=C(O)CC(C)(C)CC2=O)c2ccccc2)=C(O)C1. The standard InChI is InChI=1S/2C23H28O4/c2*1-22(2)10-15(24)20(16(25)11-22)19(14-8-6-5-7-9-14)21-17(26)12-23(3,4)13-18(21)27/h2*5-9,19,24,26H,10-13H2,1-4H3. The van der Waals surface area contributed by atoms with E-state index in [4.69, 9.17) is 0 Å². The van der Waals surface area contributed by atoms with Crippen molar-refractivity contribution in [2.75, 3.05) is 0 Å². The number of aliphatic hydroxyl groups is 4. The highest BCUT2D eigenvalue weighted by Gasteiger charge is 2.45. The van der Waals surface area contributed by atoms with Gasteiger partial charge in [-0.1, -0.05) is 116 Å². The number of carbonyl (C=O) groups is 4. The predicted molar refractivity (Wildman–Crippen MR) is 209 cm³/mol. The molecule has 54 heavy (non-hydrogen) atoms. The highest BCUT2D eigenvalue weighted by Crippen LogP contribution is 2.49. The zero-order valence-electron chi connectivity index (χ0n) is 33.0. The van der Waals surface area contributed by atoms with Crippen LogP contribution in [0.2, 0.25) is 0 Å². The maximum atomic E-state index is 13.0. The molecule has 0 bridgehead atoms. The van der Waals surface area contributed by atoms with E-state index in [0.29, 0.717) is 51.4 Å². The van der Waals surface area contributed by atoms with Crippen molar-refractivity contribution in [2.45, 2.75) is 119 Å². The first kappa shape index (κ1) is 40.5. The second-order valence-electron chi connectivity index (χ2n) is 18.9. The first-order chi connectivity index (χ1) is 25.0. The number of carbonyl (C=O) groups excluding carboxylic acids is 4. The largest absolute Gasteiger partial charge is 0.512 e. The van der Waals surface area contributed by atoms with Crippen LogP contribution in [0.15, 0.2) is 106 Å². The molecule has 4 aliphatic carbocycles. The van der Waals surface area contributed by atoms with Gasteiger partial charge in [-0.3, -0.25) is 19.2 Å². The molecule has 0 heterocycles. The molecule has 0 atom stereocenters. The van der Waals surface area contributed by atoms with Crippen molar-refractivity contribution >= 4 is 23.1 Å². The lowest BCUT2D eigenvalue weighted by molar-refractivity contribution is -0.121. The van der Waals surface area contributed by atoms with Gasteiger partial charge >= 0.3 is 0 Å². The second kappa shape index (κ2) is 14.8. The van der Waals surface area contributed by atoms with Crippen molar-refractivity contribution in [3.63, 3.8) is 0 Å². The summed E-state index contributed by atoms with van der Waals surface area (Å²) in [4.78, 5) is 51.9. The lowest BCUT2D eigenvalue weighted by Gasteiger charge is -2.36. The molecular weight excluding hydrogens is 680 g/mol. The van der Waals surface area contributed by atoms with E-state index in [2.05, 4.69) is 0 Å². The molecule has 2 aromatic rings. The van der Waals surface area contributed by atoms with E-state index < -0.39 is 11.8 Å². The molecule has 0 unspecified atom stereocenters. The van der Waals surface area contributed by atoms with Gasteiger partial charge in [-0.25, -0.2) is 0 Å². The molecule has 0 saturated heterocycles. The molecule has 0 fully saturated rings. The first-order valence-electron chi connectivity index (χ1n) is 18.9. The average Bonchev–Trinajstić information content (AvgIpc) is 3.01. The van der Waals surface area contributed by atoms with Gasteiger partial charge in [-0.05, 0) is 32.8 Å². The third-order valence-corrected chi connectivity index (χ3v) is 11.0. The number of rotatable bonds is 6. The molecule has 0 aliphatic heterocycles. The van der Waals surface area contributed by atoms with Crippen LogP contribution in [0.3, 0.4) is 0 Å². The van der Waals surface area contributed by atoms with Crippen molar-refractivity contribution in [1.82, 2.24) is 0 Å². The van der Waals surface area contributed by atoms with Crippen molar-refractivity contribution in [3.8, 4) is 0 Å². The Kier molecular flexibility index (Phi) is 11.1. The number of allylic oxidation sites excluding steroid dienone is 8. The summed E-state index contributed by atoms with van der Waals surface area (Å²) in [5.74, 6) is -1.95. The van der Waals surface area contributed by atoms with Crippen LogP contribution in [0.25, 0.3) is 0 Å². The summed E-state index contributed by atoms with van der Waals surface area (Å²) in [6.45, 7) is 15.6. The van der Waals surface area contributed by atoms with Gasteiger partial charge in [0.25, 0.3) is 0 Å². The van der Waals surface area contributed by atoms with Gasteiger partial charge < -0.3 is 20.4 Å². The van der Waals surface area contributed by atoms with Crippen LogP contribution < -0.4 is 0 Å². The van der Waals surface area contributed by atoms with E-state index in [9.17, 15) is 39.6 Å². The number of hydrogen-bond acceptors (Lipinski definition) is 8. The van der Waals surface area contributed by atoms with Gasteiger partial charge in [0.05, 0.1) is 0 Å². The Hall–Kier alpha value is -4.72. The van der Waals surface area contributed by atoms with Crippen LogP contribution in [-0.2, 0) is 19.2 Å². The van der Waals surface area contributed by atoms with Crippen LogP contribution in [0.5, 0.6) is 0 Å². The van der Waals surface area contributed by atoms with Crippen molar-refractivity contribution in [3.05, 3.63) is 117 Å². The van der Waals surface area contributed by atoms with E-state index in [1.54, 1.807) is 0 Å².